The van der Waals surface area contributed by atoms with Crippen LogP contribution < -0.4 is 25.1 Å². The van der Waals surface area contributed by atoms with Gasteiger partial charge in [-0.2, -0.15) is 0 Å². The lowest BCUT2D eigenvalue weighted by Gasteiger charge is -2.08. The summed E-state index contributed by atoms with van der Waals surface area (Å²) in [6, 6.07) is 14.0. The molecule has 0 bridgehead atoms. The van der Waals surface area contributed by atoms with Crippen LogP contribution in [0.5, 0.6) is 17.2 Å². The molecule has 148 valence electrons. The van der Waals surface area contributed by atoms with Crippen LogP contribution in [-0.4, -0.2) is 29.8 Å². The number of aromatic amines is 1. The van der Waals surface area contributed by atoms with Gasteiger partial charge in [-0.25, -0.2) is 4.98 Å². The summed E-state index contributed by atoms with van der Waals surface area (Å²) in [6.45, 7) is 0.469. The van der Waals surface area contributed by atoms with Gasteiger partial charge in [-0.05, 0) is 35.4 Å². The summed E-state index contributed by atoms with van der Waals surface area (Å²) in [7, 11) is 1.60. The molecule has 3 aromatic rings. The Hall–Kier alpha value is -3.81. The number of carbonyl (C=O) groups is 1. The predicted octanol–water partition coefficient (Wildman–Crippen LogP) is 2.03. The van der Waals surface area contributed by atoms with Crippen molar-refractivity contribution in [1.29, 1.82) is 0 Å². The summed E-state index contributed by atoms with van der Waals surface area (Å²) in [6.07, 6.45) is 0.391. The van der Waals surface area contributed by atoms with Crippen molar-refractivity contribution in [1.82, 2.24) is 15.3 Å². The number of rotatable bonds is 6. The minimum Gasteiger partial charge on any atom is -0.497 e. The van der Waals surface area contributed by atoms with Crippen LogP contribution in [0.2, 0.25) is 0 Å². The number of nitrogens with one attached hydrogen (secondary N) is 2. The van der Waals surface area contributed by atoms with Gasteiger partial charge >= 0.3 is 0 Å². The van der Waals surface area contributed by atoms with Crippen LogP contribution in [0.3, 0.4) is 0 Å². The molecule has 0 saturated carbocycles. The van der Waals surface area contributed by atoms with E-state index in [2.05, 4.69) is 15.3 Å². The number of nitrogens with zero attached hydrogens (tertiary/aromatic N) is 1. The molecule has 2 N–H and O–H groups in total. The summed E-state index contributed by atoms with van der Waals surface area (Å²) >= 11 is 0. The molecular weight excluding hydrogens is 374 g/mol. The zero-order valence-electron chi connectivity index (χ0n) is 15.7. The first kappa shape index (κ1) is 18.5. The van der Waals surface area contributed by atoms with E-state index in [1.54, 1.807) is 13.2 Å². The van der Waals surface area contributed by atoms with E-state index in [4.69, 9.17) is 14.2 Å². The van der Waals surface area contributed by atoms with Crippen LogP contribution in [-0.2, 0) is 13.0 Å². The lowest BCUT2D eigenvalue weighted by Crippen LogP contribution is -2.26. The minimum atomic E-state index is -0.426. The third kappa shape index (κ3) is 4.37. The highest BCUT2D eigenvalue weighted by atomic mass is 16.7. The zero-order valence-corrected chi connectivity index (χ0v) is 15.7. The van der Waals surface area contributed by atoms with Crippen molar-refractivity contribution in [3.63, 3.8) is 0 Å². The van der Waals surface area contributed by atoms with Crippen LogP contribution in [0, 0.1) is 0 Å². The molecule has 1 amide bonds. The monoisotopic (exact) mass is 393 g/mol. The van der Waals surface area contributed by atoms with E-state index in [9.17, 15) is 9.59 Å². The van der Waals surface area contributed by atoms with E-state index in [0.717, 1.165) is 16.9 Å². The topological polar surface area (TPSA) is 103 Å². The summed E-state index contributed by atoms with van der Waals surface area (Å²) in [4.78, 5) is 31.4. The second-order valence-corrected chi connectivity index (χ2v) is 6.47. The van der Waals surface area contributed by atoms with Crippen LogP contribution in [0.4, 0.5) is 0 Å². The van der Waals surface area contributed by atoms with E-state index < -0.39 is 5.91 Å². The number of fused-ring (bicyclic) bond motifs is 1. The molecule has 0 spiro atoms. The summed E-state index contributed by atoms with van der Waals surface area (Å²) < 4.78 is 15.7. The predicted molar refractivity (Wildman–Crippen MR) is 104 cm³/mol. The van der Waals surface area contributed by atoms with Crippen molar-refractivity contribution in [2.75, 3.05) is 13.9 Å². The van der Waals surface area contributed by atoms with E-state index in [1.807, 2.05) is 36.4 Å². The van der Waals surface area contributed by atoms with Crippen molar-refractivity contribution in [2.24, 2.45) is 0 Å². The second-order valence-electron chi connectivity index (χ2n) is 6.47. The van der Waals surface area contributed by atoms with Gasteiger partial charge in [-0.3, -0.25) is 9.59 Å². The van der Waals surface area contributed by atoms with Gasteiger partial charge in [0, 0.05) is 19.0 Å². The number of H-pyrrole nitrogens is 1. The molecule has 0 aliphatic carbocycles. The van der Waals surface area contributed by atoms with Crippen molar-refractivity contribution < 1.29 is 19.0 Å². The van der Waals surface area contributed by atoms with E-state index in [-0.39, 0.29) is 24.6 Å². The molecule has 1 aliphatic rings. The SMILES string of the molecule is COc1ccc(Cc2nc(C(=O)NCc3ccc4c(c3)OCO4)cc(=O)[nH]2)cc1. The van der Waals surface area contributed by atoms with E-state index in [0.29, 0.717) is 23.7 Å². The molecule has 29 heavy (non-hydrogen) atoms. The Morgan fingerprint density at radius 2 is 1.86 bits per heavy atom. The highest BCUT2D eigenvalue weighted by Gasteiger charge is 2.15. The standard InChI is InChI=1S/C21H19N3O5/c1-27-15-5-2-13(3-6-15)9-19-23-16(10-20(25)24-19)21(26)22-11-14-4-7-17-18(8-14)29-12-28-17/h2-8,10H,9,11-12H2,1H3,(H,22,26)(H,23,24,25). The van der Waals surface area contributed by atoms with Gasteiger partial charge in [0.2, 0.25) is 6.79 Å². The molecule has 2 aromatic carbocycles. The first-order valence-electron chi connectivity index (χ1n) is 9.00. The summed E-state index contributed by atoms with van der Waals surface area (Å²) in [5.74, 6) is 2.06. The van der Waals surface area contributed by atoms with Crippen molar-refractivity contribution in [3.05, 3.63) is 81.5 Å². The number of aromatic nitrogens is 2. The molecular formula is C21H19N3O5. The van der Waals surface area contributed by atoms with Gasteiger partial charge in [0.1, 0.15) is 17.3 Å². The lowest BCUT2D eigenvalue weighted by atomic mass is 10.1. The second kappa shape index (κ2) is 8.05. The fourth-order valence-corrected chi connectivity index (χ4v) is 2.97. The quantitative estimate of drug-likeness (QED) is 0.664. The molecule has 0 saturated heterocycles. The number of hydrogen-bond donors (Lipinski definition) is 2. The Morgan fingerprint density at radius 3 is 2.66 bits per heavy atom. The number of methoxy groups -OCH3 is 1. The van der Waals surface area contributed by atoms with E-state index >= 15 is 0 Å². The summed E-state index contributed by atoms with van der Waals surface area (Å²) in [5, 5.41) is 2.77. The third-order valence-corrected chi connectivity index (χ3v) is 4.44. The van der Waals surface area contributed by atoms with Gasteiger partial charge in [0.05, 0.1) is 7.11 Å². The number of ether oxygens (including phenoxy) is 3. The van der Waals surface area contributed by atoms with Crippen LogP contribution in [0.15, 0.2) is 53.3 Å². The largest absolute Gasteiger partial charge is 0.497 e. The molecule has 1 aromatic heterocycles. The van der Waals surface area contributed by atoms with Crippen molar-refractivity contribution >= 4 is 5.91 Å². The highest BCUT2D eigenvalue weighted by Crippen LogP contribution is 2.32. The first-order valence-corrected chi connectivity index (χ1v) is 9.00. The van der Waals surface area contributed by atoms with Gasteiger partial charge in [-0.1, -0.05) is 18.2 Å². The van der Waals surface area contributed by atoms with Crippen LogP contribution >= 0.6 is 0 Å². The van der Waals surface area contributed by atoms with E-state index in [1.165, 1.54) is 6.07 Å². The third-order valence-electron chi connectivity index (χ3n) is 4.44. The molecule has 0 radical (unpaired) electrons. The van der Waals surface area contributed by atoms with Crippen LogP contribution in [0.25, 0.3) is 0 Å². The van der Waals surface area contributed by atoms with Gasteiger partial charge in [0.15, 0.2) is 11.5 Å². The van der Waals surface area contributed by atoms with Gasteiger partial charge in [0.25, 0.3) is 11.5 Å². The zero-order chi connectivity index (χ0) is 20.2. The Kier molecular flexibility index (Phi) is 5.15. The fraction of sp³-hybridized carbons (Fsp3) is 0.190. The van der Waals surface area contributed by atoms with Crippen molar-refractivity contribution in [2.45, 2.75) is 13.0 Å². The smallest absolute Gasteiger partial charge is 0.270 e. The van der Waals surface area contributed by atoms with Crippen LogP contribution in [0.1, 0.15) is 27.4 Å². The highest BCUT2D eigenvalue weighted by molar-refractivity contribution is 5.92. The first-order chi connectivity index (χ1) is 14.1. The molecule has 8 heteroatoms. The molecule has 0 atom stereocenters. The number of benzene rings is 2. The molecule has 4 rings (SSSR count). The molecule has 2 heterocycles. The maximum absolute atomic E-state index is 12.5. The lowest BCUT2D eigenvalue weighted by molar-refractivity contribution is 0.0945. The number of amides is 1. The fourth-order valence-electron chi connectivity index (χ4n) is 2.97. The maximum Gasteiger partial charge on any atom is 0.270 e. The summed E-state index contributed by atoms with van der Waals surface area (Å²) in [5.41, 5.74) is 1.48. The average molecular weight is 393 g/mol. The van der Waals surface area contributed by atoms with Crippen molar-refractivity contribution in [3.8, 4) is 17.2 Å². The molecule has 1 aliphatic heterocycles. The normalized spacial score (nSPS) is 11.9. The van der Waals surface area contributed by atoms with Gasteiger partial charge < -0.3 is 24.5 Å². The maximum atomic E-state index is 12.5. The van der Waals surface area contributed by atoms with Gasteiger partial charge in [-0.15, -0.1) is 0 Å². The molecule has 0 fully saturated rings. The Morgan fingerprint density at radius 1 is 1.10 bits per heavy atom. The molecule has 8 nitrogen and oxygen atoms in total. The Balaban J connectivity index is 1.44. The number of carbonyl (C=O) groups excluding carboxylic acids is 1. The molecule has 0 unspecified atom stereocenters. The Labute approximate surface area is 166 Å². The minimum absolute atomic E-state index is 0.0676. The average Bonchev–Trinajstić information content (AvgIpc) is 3.20. The Bertz CT molecular complexity index is 1090. The number of hydrogen-bond acceptors (Lipinski definition) is 6.